The first kappa shape index (κ1) is 19.0. The molecule has 1 aromatic carbocycles. The summed E-state index contributed by atoms with van der Waals surface area (Å²) in [7, 11) is 0. The van der Waals surface area contributed by atoms with Gasteiger partial charge in [-0.15, -0.1) is 0 Å². The lowest BCUT2D eigenvalue weighted by atomic mass is 10.2. The van der Waals surface area contributed by atoms with Crippen molar-refractivity contribution in [1.29, 1.82) is 0 Å². The normalized spacial score (nSPS) is 11.6. The number of hydrogen-bond donors (Lipinski definition) is 2. The molecule has 2 aromatic heterocycles. The van der Waals surface area contributed by atoms with Crippen LogP contribution < -0.4 is 10.6 Å². The molecule has 0 aliphatic rings. The number of fused-ring (bicyclic) bond motifs is 1. The molecule has 142 valence electrons. The average molecular weight is 397 g/mol. The molecular weight excluding hydrogens is 381 g/mol. The van der Waals surface area contributed by atoms with Crippen LogP contribution in [0.4, 0.5) is 19.0 Å². The molecule has 0 spiro atoms. The van der Waals surface area contributed by atoms with Crippen molar-refractivity contribution in [2.45, 2.75) is 12.7 Å². The van der Waals surface area contributed by atoms with Crippen LogP contribution in [0.3, 0.4) is 0 Å². The van der Waals surface area contributed by atoms with E-state index >= 15 is 0 Å². The Morgan fingerprint density at radius 1 is 1.15 bits per heavy atom. The predicted molar refractivity (Wildman–Crippen MR) is 97.7 cm³/mol. The van der Waals surface area contributed by atoms with Gasteiger partial charge < -0.3 is 15.2 Å². The number of carbonyl (C=O) groups excluding carboxylic acids is 1. The number of carbonyl (C=O) groups is 1. The molecule has 0 unspecified atom stereocenters. The van der Waals surface area contributed by atoms with Gasteiger partial charge in [0.2, 0.25) is 5.91 Å². The molecule has 0 aliphatic heterocycles. The minimum absolute atomic E-state index is 0.141. The number of nitrogens with zero attached hydrogens (tertiary/aromatic N) is 2. The van der Waals surface area contributed by atoms with E-state index in [1.54, 1.807) is 16.7 Å². The zero-order valence-electron chi connectivity index (χ0n) is 14.1. The summed E-state index contributed by atoms with van der Waals surface area (Å²) in [5.74, 6) is 0.123. The number of hydrogen-bond acceptors (Lipinski definition) is 3. The van der Waals surface area contributed by atoms with E-state index in [0.29, 0.717) is 23.9 Å². The van der Waals surface area contributed by atoms with E-state index in [1.807, 2.05) is 18.3 Å². The first-order valence-corrected chi connectivity index (χ1v) is 8.49. The van der Waals surface area contributed by atoms with Gasteiger partial charge in [0.25, 0.3) is 0 Å². The van der Waals surface area contributed by atoms with Crippen molar-refractivity contribution in [3.8, 4) is 0 Å². The molecule has 0 saturated carbocycles. The summed E-state index contributed by atoms with van der Waals surface area (Å²) in [6.45, 7) is 0.784. The zero-order valence-corrected chi connectivity index (χ0v) is 14.8. The van der Waals surface area contributed by atoms with Crippen LogP contribution in [0.15, 0.2) is 48.8 Å². The maximum absolute atomic E-state index is 12.5. The topological polar surface area (TPSA) is 59.0 Å². The Morgan fingerprint density at radius 3 is 2.67 bits per heavy atom. The van der Waals surface area contributed by atoms with Crippen LogP contribution >= 0.6 is 11.6 Å². The number of aromatic nitrogens is 2. The van der Waals surface area contributed by atoms with Crippen molar-refractivity contribution in [1.82, 2.24) is 14.9 Å². The number of benzene rings is 1. The van der Waals surface area contributed by atoms with E-state index in [9.17, 15) is 18.0 Å². The lowest BCUT2D eigenvalue weighted by molar-refractivity contribution is -0.137. The Bertz CT molecular complexity index is 938. The maximum atomic E-state index is 12.5. The summed E-state index contributed by atoms with van der Waals surface area (Å²) in [5.41, 5.74) is 0.0603. The van der Waals surface area contributed by atoms with Crippen LogP contribution in [0.25, 0.3) is 10.9 Å². The van der Waals surface area contributed by atoms with E-state index in [0.717, 1.165) is 23.2 Å². The van der Waals surface area contributed by atoms with Gasteiger partial charge in [0.05, 0.1) is 5.56 Å². The van der Waals surface area contributed by atoms with Crippen molar-refractivity contribution in [2.24, 2.45) is 0 Å². The number of alkyl halides is 3. The number of anilines is 1. The Kier molecular flexibility index (Phi) is 5.55. The second-order valence-electron chi connectivity index (χ2n) is 5.85. The monoisotopic (exact) mass is 396 g/mol. The minimum Gasteiger partial charge on any atom is -0.368 e. The highest BCUT2D eigenvalue weighted by Crippen LogP contribution is 2.28. The fraction of sp³-hybridized carbons (Fsp3) is 0.222. The van der Waals surface area contributed by atoms with Crippen LogP contribution in [-0.2, 0) is 17.5 Å². The van der Waals surface area contributed by atoms with E-state index in [-0.39, 0.29) is 12.5 Å². The van der Waals surface area contributed by atoms with E-state index in [1.165, 1.54) is 6.07 Å². The fourth-order valence-electron chi connectivity index (χ4n) is 2.56. The van der Waals surface area contributed by atoms with Gasteiger partial charge in [-0.2, -0.15) is 13.2 Å². The molecule has 27 heavy (non-hydrogen) atoms. The third kappa shape index (κ3) is 4.91. The predicted octanol–water partition coefficient (Wildman–Crippen LogP) is 3.94. The largest absolute Gasteiger partial charge is 0.417 e. The lowest BCUT2D eigenvalue weighted by Crippen LogP contribution is -2.31. The molecule has 0 atom stereocenters. The lowest BCUT2D eigenvalue weighted by Gasteiger charge is -2.10. The summed E-state index contributed by atoms with van der Waals surface area (Å²) >= 11 is 5.99. The van der Waals surface area contributed by atoms with E-state index in [4.69, 9.17) is 11.6 Å². The first-order chi connectivity index (χ1) is 12.8. The number of halogens is 4. The molecule has 1 amide bonds. The third-order valence-electron chi connectivity index (χ3n) is 3.89. The van der Waals surface area contributed by atoms with Gasteiger partial charge in [-0.1, -0.05) is 17.7 Å². The first-order valence-electron chi connectivity index (χ1n) is 8.11. The molecule has 3 aromatic rings. The Hall–Kier alpha value is -2.74. The van der Waals surface area contributed by atoms with Gasteiger partial charge in [0.1, 0.15) is 12.4 Å². The highest BCUT2D eigenvalue weighted by atomic mass is 35.5. The molecular formula is C18H16ClF3N4O. The second kappa shape index (κ2) is 7.87. The van der Waals surface area contributed by atoms with Gasteiger partial charge in [-0.25, -0.2) is 4.98 Å². The smallest absolute Gasteiger partial charge is 0.368 e. The Balaban J connectivity index is 1.46. The van der Waals surface area contributed by atoms with Crippen molar-refractivity contribution in [3.05, 3.63) is 59.4 Å². The molecule has 5 nitrogen and oxygen atoms in total. The van der Waals surface area contributed by atoms with Crippen LogP contribution in [0.5, 0.6) is 0 Å². The average Bonchev–Trinajstić information content (AvgIpc) is 3.00. The summed E-state index contributed by atoms with van der Waals surface area (Å²) in [4.78, 5) is 15.8. The molecule has 9 heteroatoms. The fourth-order valence-corrected chi connectivity index (χ4v) is 2.73. The Morgan fingerprint density at radius 2 is 1.96 bits per heavy atom. The number of rotatable bonds is 6. The maximum Gasteiger partial charge on any atom is 0.417 e. The zero-order chi connectivity index (χ0) is 19.4. The molecule has 2 heterocycles. The SMILES string of the molecule is O=C(Cn1ccc2ccc(Cl)cc21)NCCNc1ccc(C(F)(F)F)cn1. The van der Waals surface area contributed by atoms with Crippen molar-refractivity contribution in [3.63, 3.8) is 0 Å². The number of pyridine rings is 1. The summed E-state index contributed by atoms with van der Waals surface area (Å²) < 4.78 is 39.2. The van der Waals surface area contributed by atoms with Gasteiger partial charge in [0.15, 0.2) is 0 Å². The van der Waals surface area contributed by atoms with Crippen LogP contribution in [0, 0.1) is 0 Å². The third-order valence-corrected chi connectivity index (χ3v) is 4.13. The van der Waals surface area contributed by atoms with Crippen molar-refractivity contribution < 1.29 is 18.0 Å². The van der Waals surface area contributed by atoms with Gasteiger partial charge in [-0.3, -0.25) is 4.79 Å². The molecule has 0 bridgehead atoms. The van der Waals surface area contributed by atoms with E-state index in [2.05, 4.69) is 15.6 Å². The van der Waals surface area contributed by atoms with Crippen LogP contribution in [-0.4, -0.2) is 28.5 Å². The minimum atomic E-state index is -4.41. The van der Waals surface area contributed by atoms with Gasteiger partial charge >= 0.3 is 6.18 Å². The summed E-state index contributed by atoms with van der Waals surface area (Å²) in [6.07, 6.45) is -1.83. The Labute approximate surface area is 158 Å². The molecule has 0 saturated heterocycles. The van der Waals surface area contributed by atoms with Crippen LogP contribution in [0.1, 0.15) is 5.56 Å². The molecule has 0 aliphatic carbocycles. The highest BCUT2D eigenvalue weighted by Gasteiger charge is 2.30. The number of amides is 1. The van der Waals surface area contributed by atoms with Crippen molar-refractivity contribution >= 4 is 34.2 Å². The second-order valence-corrected chi connectivity index (χ2v) is 6.29. The molecule has 0 radical (unpaired) electrons. The highest BCUT2D eigenvalue weighted by molar-refractivity contribution is 6.31. The molecule has 2 N–H and O–H groups in total. The van der Waals surface area contributed by atoms with Gasteiger partial charge in [-0.05, 0) is 35.7 Å². The van der Waals surface area contributed by atoms with E-state index < -0.39 is 11.7 Å². The molecule has 0 fully saturated rings. The standard InChI is InChI=1S/C18H16ClF3N4O/c19-14-3-1-12-5-8-26(15(12)9-14)11-17(27)24-7-6-23-16-4-2-13(10-25-16)18(20,21)22/h1-5,8-10H,6-7,11H2,(H,23,25)(H,24,27). The summed E-state index contributed by atoms with van der Waals surface area (Å²) in [5, 5.41) is 7.18. The van der Waals surface area contributed by atoms with Crippen LogP contribution in [0.2, 0.25) is 5.02 Å². The number of nitrogens with one attached hydrogen (secondary N) is 2. The quantitative estimate of drug-likeness (QED) is 0.620. The van der Waals surface area contributed by atoms with Gasteiger partial charge in [0, 0.05) is 36.0 Å². The van der Waals surface area contributed by atoms with Crippen molar-refractivity contribution in [2.75, 3.05) is 18.4 Å². The summed E-state index contributed by atoms with van der Waals surface area (Å²) in [6, 6.07) is 9.57. The molecule has 3 rings (SSSR count).